The largest absolute Gasteiger partial charge is 0.302 e. The first kappa shape index (κ1) is 20.6. The summed E-state index contributed by atoms with van der Waals surface area (Å²) in [5.74, 6) is 0. The molecule has 0 spiro atoms. The van der Waals surface area contributed by atoms with Crippen molar-refractivity contribution >= 4 is 28.9 Å². The number of carbonyl (C=O) groups excluding carboxylic acids is 2. The van der Waals surface area contributed by atoms with Gasteiger partial charge in [0, 0.05) is 11.1 Å². The van der Waals surface area contributed by atoms with Crippen molar-refractivity contribution in [3.8, 4) is 0 Å². The van der Waals surface area contributed by atoms with E-state index in [0.29, 0.717) is 11.1 Å². The minimum Gasteiger partial charge on any atom is -0.302 e. The Kier molecular flexibility index (Phi) is 6.28. The zero-order valence-corrected chi connectivity index (χ0v) is 17.5. The van der Waals surface area contributed by atoms with E-state index in [0.717, 1.165) is 33.4 Å². The molecule has 1 unspecified atom stereocenters. The minimum absolute atomic E-state index is 0.375. The van der Waals surface area contributed by atoms with Crippen LogP contribution in [0.4, 0.5) is 0 Å². The topological polar surface area (TPSA) is 71.4 Å². The predicted molar refractivity (Wildman–Crippen MR) is 108 cm³/mol. The maximum absolute atomic E-state index is 13.1. The Bertz CT molecular complexity index is 818. The number of carbonyl (C=O) groups is 2. The second-order valence-electron chi connectivity index (χ2n) is 6.68. The third-order valence-electron chi connectivity index (χ3n) is 4.31. The van der Waals surface area contributed by atoms with Gasteiger partial charge in [0.25, 0.3) is 0 Å². The minimum atomic E-state index is -2.54. The quantitative estimate of drug-likeness (QED) is 0.567. The maximum Gasteiger partial charge on any atom is 0.208 e. The van der Waals surface area contributed by atoms with Gasteiger partial charge in [-0.25, -0.2) is 4.21 Å². The van der Waals surface area contributed by atoms with Gasteiger partial charge in [0.15, 0.2) is 17.8 Å². The summed E-state index contributed by atoms with van der Waals surface area (Å²) in [4.78, 5) is 26.2. The standard InChI is InChI=1S/C20H23O4PS/c1-11-7-13(3)17(14(4)8-11)19(21)25(26(23)24)20(22)18-15(5)9-12(2)10-16(18)6/h7-10H,1-6H3,(H,23,24). The van der Waals surface area contributed by atoms with Gasteiger partial charge in [-0.1, -0.05) is 35.4 Å². The summed E-state index contributed by atoms with van der Waals surface area (Å²) in [6, 6.07) is 7.39. The van der Waals surface area contributed by atoms with Gasteiger partial charge in [-0.05, 0) is 63.8 Å². The Balaban J connectivity index is 2.59. The fourth-order valence-electron chi connectivity index (χ4n) is 3.47. The second kappa shape index (κ2) is 7.91. The molecular formula is C20H23O4PS. The smallest absolute Gasteiger partial charge is 0.208 e. The highest BCUT2D eigenvalue weighted by Crippen LogP contribution is 2.48. The number of benzene rings is 2. The lowest BCUT2D eigenvalue weighted by molar-refractivity contribution is 0.105. The predicted octanol–water partition coefficient (Wildman–Crippen LogP) is 5.14. The molecule has 0 saturated carbocycles. The fourth-order valence-corrected chi connectivity index (χ4v) is 6.45. The summed E-state index contributed by atoms with van der Waals surface area (Å²) in [7, 11) is -4.97. The van der Waals surface area contributed by atoms with Gasteiger partial charge >= 0.3 is 0 Å². The van der Waals surface area contributed by atoms with Crippen molar-refractivity contribution in [1.82, 2.24) is 0 Å². The summed E-state index contributed by atoms with van der Waals surface area (Å²) in [5.41, 5.74) is 4.54. The average molecular weight is 390 g/mol. The van der Waals surface area contributed by atoms with Crippen molar-refractivity contribution in [2.45, 2.75) is 41.5 Å². The molecule has 1 atom stereocenters. The Morgan fingerprint density at radius 2 is 1.00 bits per heavy atom. The molecule has 1 N–H and O–H groups in total. The number of rotatable bonds is 5. The Labute approximate surface area is 157 Å². The fraction of sp³-hybridized carbons (Fsp3) is 0.300. The van der Waals surface area contributed by atoms with E-state index in [9.17, 15) is 18.4 Å². The monoisotopic (exact) mass is 390 g/mol. The van der Waals surface area contributed by atoms with Crippen LogP contribution >= 0.6 is 7.12 Å². The van der Waals surface area contributed by atoms with Gasteiger partial charge in [0.2, 0.25) is 11.0 Å². The van der Waals surface area contributed by atoms with Crippen molar-refractivity contribution in [3.05, 3.63) is 68.8 Å². The summed E-state index contributed by atoms with van der Waals surface area (Å²) < 4.78 is 21.8. The SMILES string of the molecule is Cc1cc(C)c(C(=O)P(C(=O)c2c(C)cc(C)cc2C)S(=O)O)c(C)c1. The van der Waals surface area contributed by atoms with Crippen LogP contribution in [0, 0.1) is 41.5 Å². The van der Waals surface area contributed by atoms with E-state index in [2.05, 4.69) is 0 Å². The van der Waals surface area contributed by atoms with Crippen LogP contribution in [0.1, 0.15) is 54.1 Å². The van der Waals surface area contributed by atoms with Crippen LogP contribution in [0.2, 0.25) is 0 Å². The zero-order valence-electron chi connectivity index (χ0n) is 15.8. The third-order valence-corrected chi connectivity index (χ3v) is 7.74. The molecule has 0 aliphatic heterocycles. The molecular weight excluding hydrogens is 367 g/mol. The molecule has 0 amide bonds. The van der Waals surface area contributed by atoms with E-state index in [1.54, 1.807) is 27.7 Å². The van der Waals surface area contributed by atoms with E-state index >= 15 is 0 Å². The van der Waals surface area contributed by atoms with Gasteiger partial charge in [-0.2, -0.15) is 0 Å². The normalized spacial score (nSPS) is 12.3. The van der Waals surface area contributed by atoms with Crippen molar-refractivity contribution < 1.29 is 18.4 Å². The number of hydrogen-bond acceptors (Lipinski definition) is 3. The van der Waals surface area contributed by atoms with Crippen LogP contribution in [-0.2, 0) is 10.7 Å². The van der Waals surface area contributed by atoms with Gasteiger partial charge < -0.3 is 4.55 Å². The molecule has 2 rings (SSSR count). The average Bonchev–Trinajstić information content (AvgIpc) is 2.44. The molecule has 0 fully saturated rings. The molecule has 2 aromatic rings. The molecule has 26 heavy (non-hydrogen) atoms. The Morgan fingerprint density at radius 1 is 0.731 bits per heavy atom. The molecule has 138 valence electrons. The van der Waals surface area contributed by atoms with Crippen molar-refractivity contribution in [1.29, 1.82) is 0 Å². The van der Waals surface area contributed by atoms with Crippen LogP contribution < -0.4 is 0 Å². The summed E-state index contributed by atoms with van der Waals surface area (Å²) in [5, 5.41) is 0. The van der Waals surface area contributed by atoms with Crippen LogP contribution in [0.15, 0.2) is 24.3 Å². The Hall–Kier alpha value is -1.68. The summed E-state index contributed by atoms with van der Waals surface area (Å²) in [6.45, 7) is 11.0. The van der Waals surface area contributed by atoms with Gasteiger partial charge in [0.1, 0.15) is 0 Å². The lowest BCUT2D eigenvalue weighted by Gasteiger charge is -2.17. The molecule has 0 heterocycles. The van der Waals surface area contributed by atoms with E-state index in [1.807, 2.05) is 38.1 Å². The highest BCUT2D eigenvalue weighted by atomic mass is 32.8. The molecule has 0 aliphatic carbocycles. The summed E-state index contributed by atoms with van der Waals surface area (Å²) >= 11 is 0. The molecule has 0 saturated heterocycles. The lowest BCUT2D eigenvalue weighted by atomic mass is 10.0. The zero-order chi connectivity index (χ0) is 19.8. The maximum atomic E-state index is 13.1. The van der Waals surface area contributed by atoms with E-state index in [1.165, 1.54) is 0 Å². The van der Waals surface area contributed by atoms with Crippen molar-refractivity contribution in [2.24, 2.45) is 0 Å². The van der Waals surface area contributed by atoms with E-state index in [4.69, 9.17) is 0 Å². The van der Waals surface area contributed by atoms with Crippen LogP contribution in [0.25, 0.3) is 0 Å². The first-order valence-electron chi connectivity index (χ1n) is 8.20. The first-order valence-corrected chi connectivity index (χ1v) is 11.3. The summed E-state index contributed by atoms with van der Waals surface area (Å²) in [6.07, 6.45) is 0. The molecule has 0 aromatic heterocycles. The second-order valence-corrected chi connectivity index (χ2v) is 10.6. The molecule has 6 heteroatoms. The van der Waals surface area contributed by atoms with Crippen molar-refractivity contribution in [3.63, 3.8) is 0 Å². The highest BCUT2D eigenvalue weighted by Gasteiger charge is 2.36. The van der Waals surface area contributed by atoms with Crippen LogP contribution in [0.5, 0.6) is 0 Å². The lowest BCUT2D eigenvalue weighted by Crippen LogP contribution is -2.14. The van der Waals surface area contributed by atoms with Crippen molar-refractivity contribution in [2.75, 3.05) is 0 Å². The highest BCUT2D eigenvalue weighted by molar-refractivity contribution is 8.55. The molecule has 2 aromatic carbocycles. The van der Waals surface area contributed by atoms with Crippen LogP contribution in [0.3, 0.4) is 0 Å². The molecule has 0 aliphatic rings. The Morgan fingerprint density at radius 3 is 1.23 bits per heavy atom. The third kappa shape index (κ3) is 4.01. The van der Waals surface area contributed by atoms with E-state index < -0.39 is 28.9 Å². The molecule has 0 radical (unpaired) electrons. The van der Waals surface area contributed by atoms with Gasteiger partial charge in [-0.3, -0.25) is 9.59 Å². The van der Waals surface area contributed by atoms with Gasteiger partial charge in [-0.15, -0.1) is 0 Å². The first-order chi connectivity index (χ1) is 12.0. The molecule has 0 bridgehead atoms. The number of aryl methyl sites for hydroxylation is 6. The molecule has 4 nitrogen and oxygen atoms in total. The number of hydrogen-bond donors (Lipinski definition) is 1. The van der Waals surface area contributed by atoms with E-state index in [-0.39, 0.29) is 0 Å². The van der Waals surface area contributed by atoms with Gasteiger partial charge in [0.05, 0.1) is 0 Å². The van der Waals surface area contributed by atoms with Crippen LogP contribution in [-0.4, -0.2) is 19.8 Å².